The molecule has 2 unspecified atom stereocenters. The number of ether oxygens (including phenoxy) is 1. The molecule has 1 aromatic heterocycles. The van der Waals surface area contributed by atoms with Crippen molar-refractivity contribution in [3.63, 3.8) is 0 Å². The van der Waals surface area contributed by atoms with Gasteiger partial charge in [-0.05, 0) is 25.3 Å². The molecule has 0 aromatic carbocycles. The van der Waals surface area contributed by atoms with Crippen LogP contribution < -0.4 is 10.1 Å². The van der Waals surface area contributed by atoms with Gasteiger partial charge in [-0.2, -0.15) is 5.10 Å². The lowest BCUT2D eigenvalue weighted by Crippen LogP contribution is -2.32. The van der Waals surface area contributed by atoms with E-state index in [-0.39, 0.29) is 0 Å². The van der Waals surface area contributed by atoms with E-state index in [4.69, 9.17) is 4.74 Å². The number of aromatic nitrogens is 2. The molecule has 1 fully saturated rings. The zero-order valence-corrected chi connectivity index (χ0v) is 13.4. The Kier molecular flexibility index (Phi) is 5.46. The van der Waals surface area contributed by atoms with Crippen molar-refractivity contribution in [2.24, 2.45) is 13.0 Å². The van der Waals surface area contributed by atoms with Crippen molar-refractivity contribution in [1.29, 1.82) is 0 Å². The first-order chi connectivity index (χ1) is 9.63. The lowest BCUT2D eigenvalue weighted by atomic mass is 9.84. The molecule has 1 aliphatic carbocycles. The first-order valence-electron chi connectivity index (χ1n) is 7.92. The van der Waals surface area contributed by atoms with E-state index in [1.807, 2.05) is 17.9 Å². The van der Waals surface area contributed by atoms with Gasteiger partial charge in [0.15, 0.2) is 5.75 Å². The Morgan fingerprint density at radius 2 is 2.10 bits per heavy atom. The lowest BCUT2D eigenvalue weighted by Gasteiger charge is -2.27. The van der Waals surface area contributed by atoms with Crippen LogP contribution in [0.15, 0.2) is 6.20 Å². The fourth-order valence-corrected chi connectivity index (χ4v) is 3.38. The molecule has 4 nitrogen and oxygen atoms in total. The monoisotopic (exact) mass is 279 g/mol. The van der Waals surface area contributed by atoms with E-state index < -0.39 is 0 Å². The van der Waals surface area contributed by atoms with Gasteiger partial charge in [-0.25, -0.2) is 0 Å². The molecule has 4 heteroatoms. The molecule has 0 saturated heterocycles. The van der Waals surface area contributed by atoms with Crippen molar-refractivity contribution in [1.82, 2.24) is 15.1 Å². The zero-order valence-electron chi connectivity index (χ0n) is 13.4. The van der Waals surface area contributed by atoms with Gasteiger partial charge in [-0.15, -0.1) is 0 Å². The number of rotatable bonds is 5. The van der Waals surface area contributed by atoms with Gasteiger partial charge in [-0.3, -0.25) is 4.68 Å². The van der Waals surface area contributed by atoms with Crippen molar-refractivity contribution < 1.29 is 4.74 Å². The summed E-state index contributed by atoms with van der Waals surface area (Å²) in [7, 11) is 3.79. The van der Waals surface area contributed by atoms with Crippen LogP contribution >= 0.6 is 0 Å². The molecule has 1 aliphatic rings. The molecule has 1 N–H and O–H groups in total. The van der Waals surface area contributed by atoms with Gasteiger partial charge in [0, 0.05) is 19.0 Å². The van der Waals surface area contributed by atoms with Crippen LogP contribution in [0.1, 0.15) is 57.6 Å². The first kappa shape index (κ1) is 15.4. The average Bonchev–Trinajstić information content (AvgIpc) is 2.65. The van der Waals surface area contributed by atoms with Crippen molar-refractivity contribution in [3.8, 4) is 5.75 Å². The number of nitrogens with one attached hydrogen (secondary N) is 1. The van der Waals surface area contributed by atoms with Crippen LogP contribution in [0, 0.1) is 5.92 Å². The van der Waals surface area contributed by atoms with Crippen molar-refractivity contribution in [3.05, 3.63) is 11.9 Å². The molecule has 2 rings (SSSR count). The largest absolute Gasteiger partial charge is 0.493 e. The third kappa shape index (κ3) is 3.54. The van der Waals surface area contributed by atoms with E-state index >= 15 is 0 Å². The third-order valence-electron chi connectivity index (χ3n) is 4.47. The summed E-state index contributed by atoms with van der Waals surface area (Å²) < 4.78 is 7.54. The summed E-state index contributed by atoms with van der Waals surface area (Å²) in [5.41, 5.74) is 1.28. The highest BCUT2D eigenvalue weighted by atomic mass is 16.5. The van der Waals surface area contributed by atoms with Crippen LogP contribution in [-0.4, -0.2) is 29.5 Å². The van der Waals surface area contributed by atoms with E-state index in [2.05, 4.69) is 24.3 Å². The number of hydrogen-bond acceptors (Lipinski definition) is 3. The molecule has 20 heavy (non-hydrogen) atoms. The second-order valence-corrected chi connectivity index (χ2v) is 6.29. The lowest BCUT2D eigenvalue weighted by molar-refractivity contribution is 0.335. The topological polar surface area (TPSA) is 39.1 Å². The number of aryl methyl sites for hydroxylation is 1. The molecule has 0 aliphatic heterocycles. The molecule has 0 radical (unpaired) electrons. The molecule has 2 atom stereocenters. The second kappa shape index (κ2) is 7.11. The minimum atomic E-state index is 0.548. The van der Waals surface area contributed by atoms with E-state index in [1.165, 1.54) is 37.8 Å². The summed E-state index contributed by atoms with van der Waals surface area (Å²) in [6, 6.07) is 0.548. The SMILES string of the molecule is COc1cnn(C)c1C1CCCCCC1CNC(C)C. The van der Waals surface area contributed by atoms with E-state index in [1.54, 1.807) is 7.11 Å². The summed E-state index contributed by atoms with van der Waals surface area (Å²) in [6.45, 7) is 5.53. The summed E-state index contributed by atoms with van der Waals surface area (Å²) >= 11 is 0. The Labute approximate surface area is 122 Å². The standard InChI is InChI=1S/C16H29N3O/c1-12(2)17-10-13-8-6-5-7-9-14(13)16-15(20-4)11-18-19(16)3/h11-14,17H,5-10H2,1-4H3. The van der Waals surface area contributed by atoms with E-state index in [9.17, 15) is 0 Å². The minimum Gasteiger partial charge on any atom is -0.493 e. The normalized spacial score (nSPS) is 23.9. The second-order valence-electron chi connectivity index (χ2n) is 6.29. The Balaban J connectivity index is 2.20. The highest BCUT2D eigenvalue weighted by molar-refractivity contribution is 5.29. The summed E-state index contributed by atoms with van der Waals surface area (Å²) in [5, 5.41) is 8.02. The Hall–Kier alpha value is -1.03. The van der Waals surface area contributed by atoms with Gasteiger partial charge in [-0.1, -0.05) is 33.1 Å². The number of methoxy groups -OCH3 is 1. The van der Waals surface area contributed by atoms with Gasteiger partial charge in [0.25, 0.3) is 0 Å². The van der Waals surface area contributed by atoms with Gasteiger partial charge in [0.2, 0.25) is 0 Å². The molecule has 0 spiro atoms. The molecular weight excluding hydrogens is 250 g/mol. The maximum atomic E-state index is 5.53. The van der Waals surface area contributed by atoms with E-state index in [0.717, 1.165) is 12.3 Å². The van der Waals surface area contributed by atoms with Crippen molar-refractivity contribution in [2.45, 2.75) is 57.9 Å². The molecule has 1 heterocycles. The molecule has 0 bridgehead atoms. The summed E-state index contributed by atoms with van der Waals surface area (Å²) in [5.74, 6) is 2.20. The highest BCUT2D eigenvalue weighted by Gasteiger charge is 2.30. The Morgan fingerprint density at radius 3 is 2.80 bits per heavy atom. The predicted molar refractivity (Wildman–Crippen MR) is 82.2 cm³/mol. The molecule has 1 saturated carbocycles. The predicted octanol–water partition coefficient (Wildman–Crippen LogP) is 3.09. The molecule has 0 amide bonds. The fourth-order valence-electron chi connectivity index (χ4n) is 3.38. The summed E-state index contributed by atoms with van der Waals surface area (Å²) in [6.07, 6.45) is 8.43. The van der Waals surface area contributed by atoms with Crippen LogP contribution in [0.4, 0.5) is 0 Å². The van der Waals surface area contributed by atoms with E-state index in [0.29, 0.717) is 17.9 Å². The van der Waals surface area contributed by atoms with Crippen LogP contribution in [0.3, 0.4) is 0 Å². The fraction of sp³-hybridized carbons (Fsp3) is 0.812. The number of nitrogens with zero attached hydrogens (tertiary/aromatic N) is 2. The van der Waals surface area contributed by atoms with Gasteiger partial charge >= 0.3 is 0 Å². The minimum absolute atomic E-state index is 0.548. The maximum absolute atomic E-state index is 5.53. The van der Waals surface area contributed by atoms with Gasteiger partial charge in [0.1, 0.15) is 0 Å². The van der Waals surface area contributed by atoms with Crippen molar-refractivity contribution >= 4 is 0 Å². The summed E-state index contributed by atoms with van der Waals surface area (Å²) in [4.78, 5) is 0. The highest BCUT2D eigenvalue weighted by Crippen LogP contribution is 2.39. The molecule has 114 valence electrons. The Bertz CT molecular complexity index is 414. The number of hydrogen-bond donors (Lipinski definition) is 1. The zero-order chi connectivity index (χ0) is 14.5. The van der Waals surface area contributed by atoms with Crippen LogP contribution in [-0.2, 0) is 7.05 Å². The van der Waals surface area contributed by atoms with Gasteiger partial charge in [0.05, 0.1) is 19.0 Å². The van der Waals surface area contributed by atoms with Crippen LogP contribution in [0.5, 0.6) is 5.75 Å². The Morgan fingerprint density at radius 1 is 1.35 bits per heavy atom. The maximum Gasteiger partial charge on any atom is 0.160 e. The van der Waals surface area contributed by atoms with Crippen molar-refractivity contribution in [2.75, 3.05) is 13.7 Å². The van der Waals surface area contributed by atoms with Crippen LogP contribution in [0.25, 0.3) is 0 Å². The quantitative estimate of drug-likeness (QED) is 0.842. The molecular formula is C16H29N3O. The first-order valence-corrected chi connectivity index (χ1v) is 7.92. The van der Waals surface area contributed by atoms with Crippen LogP contribution in [0.2, 0.25) is 0 Å². The molecule has 1 aromatic rings. The third-order valence-corrected chi connectivity index (χ3v) is 4.47. The smallest absolute Gasteiger partial charge is 0.160 e. The van der Waals surface area contributed by atoms with Gasteiger partial charge < -0.3 is 10.1 Å². The average molecular weight is 279 g/mol.